The fourth-order valence-corrected chi connectivity index (χ4v) is 2.93. The Hall–Kier alpha value is -0.820. The molecule has 1 aromatic rings. The summed E-state index contributed by atoms with van der Waals surface area (Å²) in [6.07, 6.45) is 6.44. The summed E-state index contributed by atoms with van der Waals surface area (Å²) in [5, 5.41) is 3.66. The Morgan fingerprint density at radius 3 is 2.40 bits per heavy atom. The average Bonchev–Trinajstić information content (AvgIpc) is 2.39. The maximum absolute atomic E-state index is 3.66. The minimum atomic E-state index is 0.457. The highest BCUT2D eigenvalue weighted by atomic mass is 14.9. The van der Waals surface area contributed by atoms with Gasteiger partial charge in [0.05, 0.1) is 0 Å². The molecule has 1 rings (SSSR count). The molecule has 0 heterocycles. The highest BCUT2D eigenvalue weighted by Gasteiger charge is 2.22. The van der Waals surface area contributed by atoms with Crippen molar-refractivity contribution < 1.29 is 0 Å². The third-order valence-corrected chi connectivity index (χ3v) is 4.05. The number of aryl methyl sites for hydroxylation is 1. The Morgan fingerprint density at radius 1 is 1.10 bits per heavy atom. The molecule has 20 heavy (non-hydrogen) atoms. The first kappa shape index (κ1) is 17.2. The van der Waals surface area contributed by atoms with Crippen LogP contribution in [0.5, 0.6) is 0 Å². The maximum Gasteiger partial charge on any atom is 0.000527 e. The molecule has 1 nitrogen and oxygen atoms in total. The summed E-state index contributed by atoms with van der Waals surface area (Å²) >= 11 is 0. The van der Waals surface area contributed by atoms with E-state index in [9.17, 15) is 0 Å². The predicted molar refractivity (Wildman–Crippen MR) is 90.1 cm³/mol. The van der Waals surface area contributed by atoms with E-state index in [2.05, 4.69) is 63.3 Å². The van der Waals surface area contributed by atoms with Gasteiger partial charge in [-0.1, -0.05) is 64.4 Å². The normalized spacial score (nSPS) is 14.4. The summed E-state index contributed by atoms with van der Waals surface area (Å²) < 4.78 is 0. The van der Waals surface area contributed by atoms with Gasteiger partial charge >= 0.3 is 0 Å². The standard InChI is InChI=1S/C19H33N/c1-5-13-19(4,16-20-15-17(2)3)14-9-12-18-10-7-6-8-11-18/h6-8,10-11,17,20H,5,9,12-16H2,1-4H3. The van der Waals surface area contributed by atoms with Gasteiger partial charge in [-0.05, 0) is 49.1 Å². The molecule has 0 aliphatic rings. The maximum atomic E-state index is 3.66. The molecular formula is C19H33N. The second-order valence-electron chi connectivity index (χ2n) is 6.92. The summed E-state index contributed by atoms with van der Waals surface area (Å²) in [4.78, 5) is 0. The zero-order valence-electron chi connectivity index (χ0n) is 13.9. The Balaban J connectivity index is 2.36. The first-order chi connectivity index (χ1) is 9.56. The van der Waals surface area contributed by atoms with E-state index in [0.717, 1.165) is 19.0 Å². The van der Waals surface area contributed by atoms with Gasteiger partial charge in [-0.25, -0.2) is 0 Å². The van der Waals surface area contributed by atoms with Gasteiger partial charge < -0.3 is 5.32 Å². The van der Waals surface area contributed by atoms with Crippen LogP contribution in [-0.2, 0) is 6.42 Å². The van der Waals surface area contributed by atoms with Gasteiger partial charge in [0.1, 0.15) is 0 Å². The molecule has 1 N–H and O–H groups in total. The van der Waals surface area contributed by atoms with E-state index in [1.54, 1.807) is 0 Å². The van der Waals surface area contributed by atoms with Gasteiger partial charge in [0.15, 0.2) is 0 Å². The lowest BCUT2D eigenvalue weighted by molar-refractivity contribution is 0.246. The van der Waals surface area contributed by atoms with Crippen LogP contribution in [0, 0.1) is 11.3 Å². The van der Waals surface area contributed by atoms with Crippen molar-refractivity contribution in [3.63, 3.8) is 0 Å². The Bertz CT molecular complexity index is 344. The Kier molecular flexibility index (Phi) is 7.91. The van der Waals surface area contributed by atoms with Crippen molar-refractivity contribution in [2.75, 3.05) is 13.1 Å². The monoisotopic (exact) mass is 275 g/mol. The van der Waals surface area contributed by atoms with Gasteiger partial charge in [-0.2, -0.15) is 0 Å². The number of rotatable bonds is 10. The van der Waals surface area contributed by atoms with E-state index in [-0.39, 0.29) is 0 Å². The van der Waals surface area contributed by atoms with Crippen molar-refractivity contribution in [1.29, 1.82) is 0 Å². The molecular weight excluding hydrogens is 242 g/mol. The van der Waals surface area contributed by atoms with Crippen molar-refractivity contribution >= 4 is 0 Å². The topological polar surface area (TPSA) is 12.0 Å². The average molecular weight is 275 g/mol. The molecule has 0 spiro atoms. The van der Waals surface area contributed by atoms with E-state index in [0.29, 0.717) is 5.41 Å². The van der Waals surface area contributed by atoms with E-state index in [1.165, 1.54) is 37.7 Å². The first-order valence-electron chi connectivity index (χ1n) is 8.30. The third-order valence-electron chi connectivity index (χ3n) is 4.05. The summed E-state index contributed by atoms with van der Waals surface area (Å²) in [5.41, 5.74) is 1.93. The molecule has 0 radical (unpaired) electrons. The quantitative estimate of drug-likeness (QED) is 0.629. The molecule has 0 aliphatic heterocycles. The lowest BCUT2D eigenvalue weighted by atomic mass is 9.80. The van der Waals surface area contributed by atoms with Crippen molar-refractivity contribution in [2.45, 2.75) is 59.8 Å². The van der Waals surface area contributed by atoms with Gasteiger partial charge in [0, 0.05) is 6.54 Å². The predicted octanol–water partition coefficient (Wildman–Crippen LogP) is 5.06. The van der Waals surface area contributed by atoms with Crippen LogP contribution in [0.25, 0.3) is 0 Å². The Labute approximate surface area is 126 Å². The number of nitrogens with one attached hydrogen (secondary N) is 1. The van der Waals surface area contributed by atoms with Crippen LogP contribution in [0.1, 0.15) is 58.9 Å². The molecule has 0 saturated heterocycles. The fraction of sp³-hybridized carbons (Fsp3) is 0.684. The largest absolute Gasteiger partial charge is 0.316 e. The van der Waals surface area contributed by atoms with Crippen molar-refractivity contribution in [1.82, 2.24) is 5.32 Å². The van der Waals surface area contributed by atoms with Crippen LogP contribution in [0.4, 0.5) is 0 Å². The molecule has 1 atom stereocenters. The first-order valence-corrected chi connectivity index (χ1v) is 8.30. The molecule has 1 aromatic carbocycles. The van der Waals surface area contributed by atoms with Gasteiger partial charge in [0.25, 0.3) is 0 Å². The third kappa shape index (κ3) is 7.09. The lowest BCUT2D eigenvalue weighted by Crippen LogP contribution is -2.34. The van der Waals surface area contributed by atoms with E-state index in [4.69, 9.17) is 0 Å². The summed E-state index contributed by atoms with van der Waals surface area (Å²) in [5.74, 6) is 0.741. The molecule has 0 bridgehead atoms. The van der Waals surface area contributed by atoms with Crippen LogP contribution in [-0.4, -0.2) is 13.1 Å². The van der Waals surface area contributed by atoms with Gasteiger partial charge in [-0.3, -0.25) is 0 Å². The smallest absolute Gasteiger partial charge is 0.000527 e. The van der Waals surface area contributed by atoms with Gasteiger partial charge in [0.2, 0.25) is 0 Å². The van der Waals surface area contributed by atoms with Crippen LogP contribution < -0.4 is 5.32 Å². The minimum absolute atomic E-state index is 0.457. The number of hydrogen-bond donors (Lipinski definition) is 1. The zero-order valence-corrected chi connectivity index (χ0v) is 13.9. The number of benzene rings is 1. The van der Waals surface area contributed by atoms with Crippen molar-refractivity contribution in [3.8, 4) is 0 Å². The van der Waals surface area contributed by atoms with Crippen molar-refractivity contribution in [3.05, 3.63) is 35.9 Å². The number of hydrogen-bond acceptors (Lipinski definition) is 1. The van der Waals surface area contributed by atoms with Crippen LogP contribution in [0.2, 0.25) is 0 Å². The van der Waals surface area contributed by atoms with E-state index >= 15 is 0 Å². The molecule has 0 aromatic heterocycles. The van der Waals surface area contributed by atoms with Crippen LogP contribution in [0.15, 0.2) is 30.3 Å². The molecule has 0 saturated carbocycles. The minimum Gasteiger partial charge on any atom is -0.316 e. The second kappa shape index (κ2) is 9.18. The van der Waals surface area contributed by atoms with Crippen LogP contribution >= 0.6 is 0 Å². The highest BCUT2D eigenvalue weighted by molar-refractivity contribution is 5.14. The van der Waals surface area contributed by atoms with E-state index in [1.807, 2.05) is 0 Å². The molecule has 114 valence electrons. The fourth-order valence-electron chi connectivity index (χ4n) is 2.93. The molecule has 0 amide bonds. The molecule has 0 aliphatic carbocycles. The van der Waals surface area contributed by atoms with Gasteiger partial charge in [-0.15, -0.1) is 0 Å². The zero-order chi connectivity index (χ0) is 14.8. The second-order valence-corrected chi connectivity index (χ2v) is 6.92. The Morgan fingerprint density at radius 2 is 1.80 bits per heavy atom. The van der Waals surface area contributed by atoms with E-state index < -0.39 is 0 Å². The summed E-state index contributed by atoms with van der Waals surface area (Å²) in [7, 11) is 0. The molecule has 1 unspecified atom stereocenters. The molecule has 0 fully saturated rings. The SMILES string of the molecule is CCCC(C)(CCCc1ccccc1)CNCC(C)C. The van der Waals surface area contributed by atoms with Crippen LogP contribution in [0.3, 0.4) is 0 Å². The summed E-state index contributed by atoms with van der Waals surface area (Å²) in [6, 6.07) is 10.9. The summed E-state index contributed by atoms with van der Waals surface area (Å²) in [6.45, 7) is 11.6. The molecule has 1 heteroatoms. The van der Waals surface area contributed by atoms with Crippen molar-refractivity contribution in [2.24, 2.45) is 11.3 Å². The lowest BCUT2D eigenvalue weighted by Gasteiger charge is -2.30. The highest BCUT2D eigenvalue weighted by Crippen LogP contribution is 2.29.